The van der Waals surface area contributed by atoms with Gasteiger partial charge >= 0.3 is 0 Å². The second kappa shape index (κ2) is 4.27. The maximum Gasteiger partial charge on any atom is 0.237 e. The summed E-state index contributed by atoms with van der Waals surface area (Å²) in [7, 11) is 0. The number of carbonyl (C=O) groups is 1. The quantitative estimate of drug-likeness (QED) is 0.783. The number of nitrogens with one attached hydrogen (secondary N) is 1. The predicted molar refractivity (Wildman–Crippen MR) is 67.2 cm³/mol. The molecule has 3 heteroatoms. The lowest BCUT2D eigenvalue weighted by atomic mass is 9.79. The Morgan fingerprint density at radius 3 is 2.82 bits per heavy atom. The van der Waals surface area contributed by atoms with E-state index in [1.807, 2.05) is 6.92 Å². The third-order valence-corrected chi connectivity index (χ3v) is 5.53. The average molecular weight is 236 g/mol. The highest BCUT2D eigenvalue weighted by molar-refractivity contribution is 5.81. The van der Waals surface area contributed by atoms with Gasteiger partial charge in [0.25, 0.3) is 0 Å². The Labute approximate surface area is 104 Å². The van der Waals surface area contributed by atoms with E-state index in [9.17, 15) is 4.79 Å². The molecule has 3 N–H and O–H groups in total. The number of fused-ring (bicyclic) bond motifs is 5. The minimum atomic E-state index is -0.312. The van der Waals surface area contributed by atoms with Gasteiger partial charge in [0.15, 0.2) is 0 Å². The lowest BCUT2D eigenvalue weighted by Crippen LogP contribution is -2.48. The molecule has 3 rings (SSSR count). The van der Waals surface area contributed by atoms with E-state index in [0.717, 1.165) is 30.1 Å². The fourth-order valence-electron chi connectivity index (χ4n) is 4.71. The molecule has 0 spiro atoms. The summed E-state index contributed by atoms with van der Waals surface area (Å²) in [6, 6.07) is 0.123. The molecular weight excluding hydrogens is 212 g/mol. The van der Waals surface area contributed by atoms with Crippen molar-refractivity contribution in [2.24, 2.45) is 29.4 Å². The van der Waals surface area contributed by atoms with Crippen LogP contribution < -0.4 is 11.1 Å². The SMILES string of the molecule is CCC(N)C(=O)NC1CC2CC1C1CCCC21. The summed E-state index contributed by atoms with van der Waals surface area (Å²) in [6.45, 7) is 1.97. The molecule has 3 fully saturated rings. The van der Waals surface area contributed by atoms with Gasteiger partial charge in [0.05, 0.1) is 6.04 Å². The van der Waals surface area contributed by atoms with Gasteiger partial charge in [0, 0.05) is 6.04 Å². The molecule has 0 heterocycles. The summed E-state index contributed by atoms with van der Waals surface area (Å²) >= 11 is 0. The van der Waals surface area contributed by atoms with Crippen molar-refractivity contribution in [2.45, 2.75) is 57.5 Å². The largest absolute Gasteiger partial charge is 0.352 e. The Bertz CT molecular complexity index is 317. The van der Waals surface area contributed by atoms with Crippen molar-refractivity contribution >= 4 is 5.91 Å². The number of rotatable bonds is 3. The van der Waals surface area contributed by atoms with Gasteiger partial charge in [-0.15, -0.1) is 0 Å². The molecule has 0 aliphatic heterocycles. The molecule has 0 aromatic rings. The first-order valence-electron chi connectivity index (χ1n) is 7.26. The van der Waals surface area contributed by atoms with Crippen LogP contribution >= 0.6 is 0 Å². The first-order valence-corrected chi connectivity index (χ1v) is 7.26. The van der Waals surface area contributed by atoms with Crippen LogP contribution in [0.1, 0.15) is 45.4 Å². The second-order valence-electron chi connectivity index (χ2n) is 6.28. The van der Waals surface area contributed by atoms with Crippen LogP contribution in [0.15, 0.2) is 0 Å². The van der Waals surface area contributed by atoms with Crippen molar-refractivity contribution in [3.8, 4) is 0 Å². The van der Waals surface area contributed by atoms with Crippen LogP contribution in [0.4, 0.5) is 0 Å². The minimum absolute atomic E-state index is 0.0691. The molecule has 6 atom stereocenters. The van der Waals surface area contributed by atoms with Crippen LogP contribution in [-0.4, -0.2) is 18.0 Å². The maximum atomic E-state index is 11.9. The van der Waals surface area contributed by atoms with Crippen LogP contribution in [0, 0.1) is 23.7 Å². The van der Waals surface area contributed by atoms with Crippen LogP contribution in [-0.2, 0) is 4.79 Å². The summed E-state index contributed by atoms with van der Waals surface area (Å²) in [5.41, 5.74) is 5.79. The number of amides is 1. The zero-order valence-electron chi connectivity index (χ0n) is 10.7. The van der Waals surface area contributed by atoms with Gasteiger partial charge in [-0.2, -0.15) is 0 Å². The molecule has 2 bridgehead atoms. The third-order valence-electron chi connectivity index (χ3n) is 5.53. The van der Waals surface area contributed by atoms with Gasteiger partial charge in [-0.05, 0) is 55.8 Å². The number of nitrogens with two attached hydrogens (primary N) is 1. The standard InChI is InChI=1S/C14H24N2O/c1-2-12(15)14(17)16-13-7-8-6-11(13)10-5-3-4-9(8)10/h8-13H,2-7,15H2,1H3,(H,16,17). The predicted octanol–water partition coefficient (Wildman–Crippen LogP) is 1.66. The molecule has 0 saturated heterocycles. The molecule has 6 unspecified atom stereocenters. The second-order valence-corrected chi connectivity index (χ2v) is 6.28. The Kier molecular flexibility index (Phi) is 2.89. The van der Waals surface area contributed by atoms with Gasteiger partial charge in [0.2, 0.25) is 5.91 Å². The Balaban J connectivity index is 1.62. The van der Waals surface area contributed by atoms with Crippen molar-refractivity contribution in [3.05, 3.63) is 0 Å². The van der Waals surface area contributed by atoms with Gasteiger partial charge < -0.3 is 11.1 Å². The van der Waals surface area contributed by atoms with Crippen LogP contribution in [0.5, 0.6) is 0 Å². The minimum Gasteiger partial charge on any atom is -0.352 e. The third kappa shape index (κ3) is 1.79. The van der Waals surface area contributed by atoms with Gasteiger partial charge in [-0.3, -0.25) is 4.79 Å². The summed E-state index contributed by atoms with van der Waals surface area (Å²) in [6.07, 6.45) is 7.57. The summed E-state index contributed by atoms with van der Waals surface area (Å²) in [5.74, 6) is 3.64. The van der Waals surface area contributed by atoms with E-state index in [2.05, 4.69) is 5.32 Å². The first-order chi connectivity index (χ1) is 8.20. The van der Waals surface area contributed by atoms with Gasteiger partial charge in [-0.1, -0.05) is 13.3 Å². The van der Waals surface area contributed by atoms with Crippen LogP contribution in [0.2, 0.25) is 0 Å². The monoisotopic (exact) mass is 236 g/mol. The van der Waals surface area contributed by atoms with Crippen LogP contribution in [0.3, 0.4) is 0 Å². The zero-order chi connectivity index (χ0) is 12.0. The number of hydrogen-bond donors (Lipinski definition) is 2. The van der Waals surface area contributed by atoms with E-state index in [-0.39, 0.29) is 11.9 Å². The van der Waals surface area contributed by atoms with Gasteiger partial charge in [0.1, 0.15) is 0 Å². The number of hydrogen-bond acceptors (Lipinski definition) is 2. The van der Waals surface area contributed by atoms with Gasteiger partial charge in [-0.25, -0.2) is 0 Å². The maximum absolute atomic E-state index is 11.9. The lowest BCUT2D eigenvalue weighted by molar-refractivity contribution is -0.123. The van der Waals surface area contributed by atoms with Crippen molar-refractivity contribution in [2.75, 3.05) is 0 Å². The summed E-state index contributed by atoms with van der Waals surface area (Å²) in [4.78, 5) is 11.9. The molecule has 3 aliphatic rings. The smallest absolute Gasteiger partial charge is 0.237 e. The van der Waals surface area contributed by atoms with E-state index in [1.165, 1.54) is 32.1 Å². The van der Waals surface area contributed by atoms with Crippen molar-refractivity contribution < 1.29 is 4.79 Å². The van der Waals surface area contributed by atoms with E-state index in [1.54, 1.807) is 0 Å². The number of carbonyl (C=O) groups excluding carboxylic acids is 1. The molecule has 3 nitrogen and oxygen atoms in total. The average Bonchev–Trinajstić information content (AvgIpc) is 2.98. The molecule has 0 aromatic heterocycles. The molecular formula is C14H24N2O. The first kappa shape index (κ1) is 11.5. The Morgan fingerprint density at radius 2 is 2.06 bits per heavy atom. The van der Waals surface area contributed by atoms with Crippen molar-refractivity contribution in [1.29, 1.82) is 0 Å². The van der Waals surface area contributed by atoms with E-state index in [4.69, 9.17) is 5.73 Å². The molecule has 3 saturated carbocycles. The highest BCUT2D eigenvalue weighted by Crippen LogP contribution is 2.58. The van der Waals surface area contributed by atoms with Crippen molar-refractivity contribution in [3.63, 3.8) is 0 Å². The Hall–Kier alpha value is -0.570. The lowest BCUT2D eigenvalue weighted by Gasteiger charge is -2.32. The topological polar surface area (TPSA) is 55.1 Å². The molecule has 17 heavy (non-hydrogen) atoms. The van der Waals surface area contributed by atoms with Crippen LogP contribution in [0.25, 0.3) is 0 Å². The summed E-state index contributed by atoms with van der Waals surface area (Å²) in [5, 5.41) is 3.21. The van der Waals surface area contributed by atoms with E-state index < -0.39 is 0 Å². The van der Waals surface area contributed by atoms with E-state index in [0.29, 0.717) is 6.04 Å². The molecule has 0 aromatic carbocycles. The Morgan fingerprint density at radius 1 is 1.29 bits per heavy atom. The zero-order valence-corrected chi connectivity index (χ0v) is 10.7. The highest BCUT2D eigenvalue weighted by Gasteiger charge is 2.54. The molecule has 0 radical (unpaired) electrons. The molecule has 96 valence electrons. The van der Waals surface area contributed by atoms with E-state index >= 15 is 0 Å². The normalized spacial score (nSPS) is 44.7. The highest BCUT2D eigenvalue weighted by atomic mass is 16.2. The molecule has 1 amide bonds. The fourth-order valence-corrected chi connectivity index (χ4v) is 4.71. The fraction of sp³-hybridized carbons (Fsp3) is 0.929. The van der Waals surface area contributed by atoms with Crippen molar-refractivity contribution in [1.82, 2.24) is 5.32 Å². The molecule has 3 aliphatic carbocycles. The summed E-state index contributed by atoms with van der Waals surface area (Å²) < 4.78 is 0.